The molecule has 1 aliphatic heterocycles. The van der Waals surface area contributed by atoms with Gasteiger partial charge in [-0.25, -0.2) is 0 Å². The van der Waals surface area contributed by atoms with Crippen molar-refractivity contribution >= 4 is 11.6 Å². The van der Waals surface area contributed by atoms with E-state index in [1.165, 1.54) is 6.42 Å². The molecule has 1 heterocycles. The first kappa shape index (κ1) is 23.7. The van der Waals surface area contributed by atoms with Crippen LogP contribution in [0.5, 0.6) is 5.75 Å². The van der Waals surface area contributed by atoms with Crippen molar-refractivity contribution in [3.05, 3.63) is 24.3 Å². The standard InChI is InChI=1S/C24H40N2O3/c1-6-8-13-24(5,29-7-2)23(27)25-21-9-11-22(12-10-21)28-15-14-26-17-19(3)16-20(4)18-26/h9-12,19-20H,6-8,13-18H2,1-5H3,(H,25,27)/t19-,20-,24-/m0/s1. The molecule has 1 aromatic carbocycles. The molecule has 1 N–H and O–H groups in total. The second-order valence-electron chi connectivity index (χ2n) is 8.80. The van der Waals surface area contributed by atoms with Gasteiger partial charge in [-0.1, -0.05) is 33.6 Å². The van der Waals surface area contributed by atoms with Gasteiger partial charge in [0.1, 0.15) is 18.0 Å². The summed E-state index contributed by atoms with van der Waals surface area (Å²) in [5.41, 5.74) is -0.0220. The number of ether oxygens (including phenoxy) is 2. The van der Waals surface area contributed by atoms with Crippen molar-refractivity contribution in [3.63, 3.8) is 0 Å². The molecule has 5 nitrogen and oxygen atoms in total. The Balaban J connectivity index is 1.82. The van der Waals surface area contributed by atoms with E-state index < -0.39 is 5.60 Å². The van der Waals surface area contributed by atoms with E-state index in [-0.39, 0.29) is 5.91 Å². The van der Waals surface area contributed by atoms with Gasteiger partial charge in [-0.05, 0) is 62.8 Å². The molecule has 1 fully saturated rings. The van der Waals surface area contributed by atoms with Crippen molar-refractivity contribution in [2.45, 2.75) is 65.9 Å². The predicted octanol–water partition coefficient (Wildman–Crippen LogP) is 4.97. The average molecular weight is 405 g/mol. The Hall–Kier alpha value is -1.59. The number of amides is 1. The van der Waals surface area contributed by atoms with E-state index in [0.717, 1.165) is 62.2 Å². The number of nitrogens with one attached hydrogen (secondary N) is 1. The maximum Gasteiger partial charge on any atom is 0.256 e. The number of piperidine rings is 1. The van der Waals surface area contributed by atoms with Gasteiger partial charge in [-0.15, -0.1) is 0 Å². The van der Waals surface area contributed by atoms with Gasteiger partial charge in [0.25, 0.3) is 5.91 Å². The van der Waals surface area contributed by atoms with E-state index in [1.807, 2.05) is 38.1 Å². The summed E-state index contributed by atoms with van der Waals surface area (Å²) in [5.74, 6) is 2.28. The molecule has 1 amide bonds. The molecule has 0 radical (unpaired) electrons. The average Bonchev–Trinajstić information content (AvgIpc) is 2.67. The highest BCUT2D eigenvalue weighted by Crippen LogP contribution is 2.23. The minimum Gasteiger partial charge on any atom is -0.492 e. The van der Waals surface area contributed by atoms with Gasteiger partial charge in [0.2, 0.25) is 0 Å². The zero-order valence-electron chi connectivity index (χ0n) is 19.0. The van der Waals surface area contributed by atoms with Gasteiger partial charge < -0.3 is 14.8 Å². The van der Waals surface area contributed by atoms with Gasteiger partial charge in [0.15, 0.2) is 0 Å². The first-order valence-corrected chi connectivity index (χ1v) is 11.3. The molecule has 29 heavy (non-hydrogen) atoms. The predicted molar refractivity (Wildman–Crippen MR) is 120 cm³/mol. The first-order valence-electron chi connectivity index (χ1n) is 11.3. The van der Waals surface area contributed by atoms with Crippen LogP contribution in [-0.4, -0.2) is 49.3 Å². The van der Waals surface area contributed by atoms with Crippen LogP contribution in [0.15, 0.2) is 24.3 Å². The zero-order valence-corrected chi connectivity index (χ0v) is 19.0. The van der Waals surface area contributed by atoms with Gasteiger partial charge in [-0.2, -0.15) is 0 Å². The lowest BCUT2D eigenvalue weighted by atomic mass is 9.92. The number of benzene rings is 1. The molecule has 0 bridgehead atoms. The molecule has 1 aliphatic rings. The molecule has 1 saturated heterocycles. The number of carbonyl (C=O) groups is 1. The lowest BCUT2D eigenvalue weighted by Gasteiger charge is -2.34. The van der Waals surface area contributed by atoms with Crippen LogP contribution in [0.25, 0.3) is 0 Å². The highest BCUT2D eigenvalue weighted by molar-refractivity contribution is 5.97. The summed E-state index contributed by atoms with van der Waals surface area (Å²) < 4.78 is 11.7. The van der Waals surface area contributed by atoms with E-state index in [9.17, 15) is 4.79 Å². The molecule has 2 rings (SSSR count). The normalized spacial score (nSPS) is 22.1. The van der Waals surface area contributed by atoms with E-state index in [0.29, 0.717) is 13.2 Å². The molecular formula is C24H40N2O3. The summed E-state index contributed by atoms with van der Waals surface area (Å²) in [7, 11) is 0. The Labute approximate surface area is 177 Å². The number of rotatable bonds is 11. The zero-order chi connectivity index (χ0) is 21.3. The fourth-order valence-electron chi connectivity index (χ4n) is 4.25. The third kappa shape index (κ3) is 7.63. The fraction of sp³-hybridized carbons (Fsp3) is 0.708. The maximum atomic E-state index is 12.7. The first-order chi connectivity index (χ1) is 13.9. The fourth-order valence-corrected chi connectivity index (χ4v) is 4.25. The second kappa shape index (κ2) is 11.6. The quantitative estimate of drug-likeness (QED) is 0.566. The van der Waals surface area contributed by atoms with Crippen LogP contribution < -0.4 is 10.1 Å². The molecule has 1 aromatic rings. The third-order valence-electron chi connectivity index (χ3n) is 5.68. The van der Waals surface area contributed by atoms with Crippen LogP contribution in [0, 0.1) is 11.8 Å². The van der Waals surface area contributed by atoms with E-state index >= 15 is 0 Å². The number of unbranched alkanes of at least 4 members (excludes halogenated alkanes) is 1. The van der Waals surface area contributed by atoms with Crippen LogP contribution >= 0.6 is 0 Å². The van der Waals surface area contributed by atoms with Gasteiger partial charge in [0.05, 0.1) is 0 Å². The number of carbonyl (C=O) groups excluding carboxylic acids is 1. The Morgan fingerprint density at radius 2 is 1.83 bits per heavy atom. The largest absolute Gasteiger partial charge is 0.492 e. The Morgan fingerprint density at radius 3 is 2.41 bits per heavy atom. The van der Waals surface area contributed by atoms with Crippen molar-refractivity contribution in [2.75, 3.05) is 38.2 Å². The highest BCUT2D eigenvalue weighted by atomic mass is 16.5. The molecule has 164 valence electrons. The maximum absolute atomic E-state index is 12.7. The summed E-state index contributed by atoms with van der Waals surface area (Å²) >= 11 is 0. The number of nitrogens with zero attached hydrogens (tertiary/aromatic N) is 1. The molecule has 3 atom stereocenters. The molecule has 0 aliphatic carbocycles. The monoisotopic (exact) mass is 404 g/mol. The van der Waals surface area contributed by atoms with Gasteiger partial charge in [0, 0.05) is 31.9 Å². The number of anilines is 1. The van der Waals surface area contributed by atoms with Crippen LogP contribution in [0.4, 0.5) is 5.69 Å². The van der Waals surface area contributed by atoms with Crippen LogP contribution in [0.2, 0.25) is 0 Å². The summed E-state index contributed by atoms with van der Waals surface area (Å²) in [6, 6.07) is 7.62. The van der Waals surface area contributed by atoms with Crippen molar-refractivity contribution in [1.82, 2.24) is 4.90 Å². The van der Waals surface area contributed by atoms with E-state index in [1.54, 1.807) is 0 Å². The second-order valence-corrected chi connectivity index (χ2v) is 8.80. The van der Waals surface area contributed by atoms with Crippen molar-refractivity contribution in [3.8, 4) is 5.75 Å². The molecule has 0 unspecified atom stereocenters. The topological polar surface area (TPSA) is 50.8 Å². The van der Waals surface area contributed by atoms with Crippen LogP contribution in [0.1, 0.15) is 60.3 Å². The summed E-state index contributed by atoms with van der Waals surface area (Å²) in [4.78, 5) is 15.2. The van der Waals surface area contributed by atoms with Gasteiger partial charge >= 0.3 is 0 Å². The smallest absolute Gasteiger partial charge is 0.256 e. The highest BCUT2D eigenvalue weighted by Gasteiger charge is 2.33. The Morgan fingerprint density at radius 1 is 1.17 bits per heavy atom. The van der Waals surface area contributed by atoms with Crippen molar-refractivity contribution < 1.29 is 14.3 Å². The third-order valence-corrected chi connectivity index (χ3v) is 5.68. The molecule has 5 heteroatoms. The number of hydrogen-bond donors (Lipinski definition) is 1. The minimum absolute atomic E-state index is 0.0881. The lowest BCUT2D eigenvalue weighted by Crippen LogP contribution is -2.42. The van der Waals surface area contributed by atoms with Crippen molar-refractivity contribution in [1.29, 1.82) is 0 Å². The Bertz CT molecular complexity index is 609. The number of likely N-dealkylation sites (tertiary alicyclic amines) is 1. The van der Waals surface area contributed by atoms with Crippen molar-refractivity contribution in [2.24, 2.45) is 11.8 Å². The van der Waals surface area contributed by atoms with E-state index in [2.05, 4.69) is 31.0 Å². The Kier molecular flexibility index (Phi) is 9.44. The SMILES string of the molecule is CCCC[C@](C)(OCC)C(=O)Nc1ccc(OCCN2C[C@@H](C)C[C@H](C)C2)cc1. The molecule has 0 spiro atoms. The minimum atomic E-state index is -0.789. The van der Waals surface area contributed by atoms with Crippen LogP contribution in [0.3, 0.4) is 0 Å². The van der Waals surface area contributed by atoms with E-state index in [4.69, 9.17) is 9.47 Å². The summed E-state index contributed by atoms with van der Waals surface area (Å²) in [6.07, 6.45) is 4.05. The van der Waals surface area contributed by atoms with Gasteiger partial charge in [-0.3, -0.25) is 9.69 Å². The summed E-state index contributed by atoms with van der Waals surface area (Å²) in [6.45, 7) is 15.1. The summed E-state index contributed by atoms with van der Waals surface area (Å²) in [5, 5.41) is 2.99. The molecular weight excluding hydrogens is 364 g/mol. The lowest BCUT2D eigenvalue weighted by molar-refractivity contribution is -0.139. The molecule has 0 saturated carbocycles. The molecule has 0 aromatic heterocycles. The van der Waals surface area contributed by atoms with Crippen LogP contribution in [-0.2, 0) is 9.53 Å². The number of hydrogen-bond acceptors (Lipinski definition) is 4.